The van der Waals surface area contributed by atoms with Crippen molar-refractivity contribution < 1.29 is 18.6 Å². The van der Waals surface area contributed by atoms with Gasteiger partial charge in [0.25, 0.3) is 0 Å². The number of rotatable bonds is 2. The van der Waals surface area contributed by atoms with Crippen molar-refractivity contribution in [1.82, 2.24) is 4.90 Å². The standard InChI is InChI=1S/C12H14BrF2NO2/c1-16-4-5-18-9(6-16)12(17)10-8(14)3-2-7(13)11(10)15/h2-3,9,12,17H,4-6H2,1H3. The number of benzene rings is 1. The van der Waals surface area contributed by atoms with E-state index >= 15 is 0 Å². The highest BCUT2D eigenvalue weighted by Crippen LogP contribution is 2.30. The molecule has 0 aromatic heterocycles. The Morgan fingerprint density at radius 3 is 2.89 bits per heavy atom. The number of likely N-dealkylation sites (N-methyl/N-ethyl adjacent to an activating group) is 1. The number of aliphatic hydroxyl groups excluding tert-OH is 1. The molecule has 3 nitrogen and oxygen atoms in total. The number of ether oxygens (including phenoxy) is 1. The Labute approximate surface area is 112 Å². The molecule has 0 radical (unpaired) electrons. The summed E-state index contributed by atoms with van der Waals surface area (Å²) in [7, 11) is 1.87. The highest BCUT2D eigenvalue weighted by molar-refractivity contribution is 9.10. The van der Waals surface area contributed by atoms with Crippen LogP contribution in [0.25, 0.3) is 0 Å². The van der Waals surface area contributed by atoms with E-state index in [0.29, 0.717) is 13.2 Å². The highest BCUT2D eigenvalue weighted by Gasteiger charge is 2.31. The summed E-state index contributed by atoms with van der Waals surface area (Å²) in [6, 6.07) is 2.40. The smallest absolute Gasteiger partial charge is 0.146 e. The molecule has 0 aliphatic carbocycles. The molecule has 0 bridgehead atoms. The van der Waals surface area contributed by atoms with Gasteiger partial charge in [-0.3, -0.25) is 0 Å². The molecule has 1 saturated heterocycles. The van der Waals surface area contributed by atoms with Gasteiger partial charge in [0.1, 0.15) is 23.8 Å². The third kappa shape index (κ3) is 2.71. The van der Waals surface area contributed by atoms with E-state index in [1.54, 1.807) is 0 Å². The van der Waals surface area contributed by atoms with Gasteiger partial charge in [0.15, 0.2) is 0 Å². The van der Waals surface area contributed by atoms with Crippen molar-refractivity contribution >= 4 is 15.9 Å². The van der Waals surface area contributed by atoms with Crippen LogP contribution in [0.15, 0.2) is 16.6 Å². The zero-order valence-electron chi connectivity index (χ0n) is 9.87. The van der Waals surface area contributed by atoms with Crippen LogP contribution in [0, 0.1) is 11.6 Å². The predicted octanol–water partition coefficient (Wildman–Crippen LogP) is 2.09. The average molecular weight is 322 g/mol. The van der Waals surface area contributed by atoms with Gasteiger partial charge in [0.05, 0.1) is 16.6 Å². The predicted molar refractivity (Wildman–Crippen MR) is 66.3 cm³/mol. The molecular formula is C12H14BrF2NO2. The maximum atomic E-state index is 13.8. The Morgan fingerprint density at radius 1 is 1.50 bits per heavy atom. The first-order valence-electron chi connectivity index (χ1n) is 5.62. The lowest BCUT2D eigenvalue weighted by Gasteiger charge is -2.33. The van der Waals surface area contributed by atoms with E-state index in [0.717, 1.165) is 12.6 Å². The van der Waals surface area contributed by atoms with E-state index in [4.69, 9.17) is 4.74 Å². The molecule has 1 N–H and O–H groups in total. The summed E-state index contributed by atoms with van der Waals surface area (Å²) in [4.78, 5) is 1.95. The lowest BCUT2D eigenvalue weighted by molar-refractivity contribution is -0.0863. The number of morpholine rings is 1. The first-order chi connectivity index (χ1) is 8.50. The third-order valence-electron chi connectivity index (χ3n) is 3.02. The quantitative estimate of drug-likeness (QED) is 0.847. The number of halogens is 3. The van der Waals surface area contributed by atoms with E-state index < -0.39 is 23.8 Å². The third-order valence-corrected chi connectivity index (χ3v) is 3.64. The van der Waals surface area contributed by atoms with Crippen molar-refractivity contribution in [1.29, 1.82) is 0 Å². The van der Waals surface area contributed by atoms with E-state index in [9.17, 15) is 13.9 Å². The molecule has 1 heterocycles. The van der Waals surface area contributed by atoms with Crippen LogP contribution in [0.4, 0.5) is 8.78 Å². The zero-order chi connectivity index (χ0) is 13.3. The first-order valence-corrected chi connectivity index (χ1v) is 6.41. The van der Waals surface area contributed by atoms with Crippen LogP contribution in [0.2, 0.25) is 0 Å². The molecule has 18 heavy (non-hydrogen) atoms. The topological polar surface area (TPSA) is 32.7 Å². The van der Waals surface area contributed by atoms with Gasteiger partial charge in [-0.1, -0.05) is 0 Å². The second kappa shape index (κ2) is 5.61. The maximum absolute atomic E-state index is 13.8. The summed E-state index contributed by atoms with van der Waals surface area (Å²) >= 11 is 2.98. The zero-order valence-corrected chi connectivity index (χ0v) is 11.5. The SMILES string of the molecule is CN1CCOC(C(O)c2c(F)ccc(Br)c2F)C1. The summed E-state index contributed by atoms with van der Waals surface area (Å²) in [6.07, 6.45) is -1.94. The molecule has 100 valence electrons. The van der Waals surface area contributed by atoms with Gasteiger partial charge in [0.2, 0.25) is 0 Å². The minimum atomic E-state index is -1.31. The molecule has 2 rings (SSSR count). The maximum Gasteiger partial charge on any atom is 0.146 e. The fourth-order valence-electron chi connectivity index (χ4n) is 2.00. The number of hydrogen-bond acceptors (Lipinski definition) is 3. The lowest BCUT2D eigenvalue weighted by Crippen LogP contribution is -2.43. The monoisotopic (exact) mass is 321 g/mol. The second-order valence-corrected chi connectivity index (χ2v) is 5.23. The molecule has 1 aliphatic heterocycles. The second-order valence-electron chi connectivity index (χ2n) is 4.37. The van der Waals surface area contributed by atoms with Gasteiger partial charge in [-0.25, -0.2) is 8.78 Å². The first kappa shape index (κ1) is 13.9. The van der Waals surface area contributed by atoms with Crippen LogP contribution in [-0.4, -0.2) is 42.9 Å². The van der Waals surface area contributed by atoms with Crippen LogP contribution in [0.3, 0.4) is 0 Å². The number of nitrogens with zero attached hydrogens (tertiary/aromatic N) is 1. The van der Waals surface area contributed by atoms with Gasteiger partial charge in [0, 0.05) is 13.1 Å². The van der Waals surface area contributed by atoms with Crippen molar-refractivity contribution in [2.45, 2.75) is 12.2 Å². The van der Waals surface area contributed by atoms with Crippen molar-refractivity contribution in [2.24, 2.45) is 0 Å². The molecule has 1 aromatic carbocycles. The fourth-order valence-corrected chi connectivity index (χ4v) is 2.35. The fraction of sp³-hybridized carbons (Fsp3) is 0.500. The van der Waals surface area contributed by atoms with Crippen LogP contribution >= 0.6 is 15.9 Å². The summed E-state index contributed by atoms with van der Waals surface area (Å²) in [6.45, 7) is 1.62. The molecule has 2 atom stereocenters. The lowest BCUT2D eigenvalue weighted by atomic mass is 10.0. The Kier molecular flexibility index (Phi) is 4.32. The molecule has 1 fully saturated rings. The summed E-state index contributed by atoms with van der Waals surface area (Å²) < 4.78 is 33.0. The van der Waals surface area contributed by atoms with Gasteiger partial charge in [-0.15, -0.1) is 0 Å². The minimum Gasteiger partial charge on any atom is -0.385 e. The molecule has 0 spiro atoms. The van der Waals surface area contributed by atoms with E-state index in [1.807, 2.05) is 11.9 Å². The molecule has 0 saturated carbocycles. The van der Waals surface area contributed by atoms with E-state index in [2.05, 4.69) is 15.9 Å². The molecule has 2 unspecified atom stereocenters. The summed E-state index contributed by atoms with van der Waals surface area (Å²) in [5.41, 5.74) is -0.343. The van der Waals surface area contributed by atoms with Crippen molar-refractivity contribution in [2.75, 3.05) is 26.7 Å². The van der Waals surface area contributed by atoms with E-state index in [1.165, 1.54) is 6.07 Å². The van der Waals surface area contributed by atoms with Crippen molar-refractivity contribution in [3.8, 4) is 0 Å². The van der Waals surface area contributed by atoms with E-state index in [-0.39, 0.29) is 10.0 Å². The summed E-state index contributed by atoms with van der Waals surface area (Å²) in [5, 5.41) is 10.1. The number of hydrogen-bond donors (Lipinski definition) is 1. The Morgan fingerprint density at radius 2 is 2.22 bits per heavy atom. The largest absolute Gasteiger partial charge is 0.385 e. The minimum absolute atomic E-state index is 0.127. The van der Waals surface area contributed by atoms with Gasteiger partial charge < -0.3 is 14.7 Å². The summed E-state index contributed by atoms with van der Waals surface area (Å²) in [5.74, 6) is -1.54. The Bertz CT molecular complexity index is 444. The van der Waals surface area contributed by atoms with Gasteiger partial charge in [-0.05, 0) is 35.1 Å². The number of aliphatic hydroxyl groups is 1. The molecule has 6 heteroatoms. The van der Waals surface area contributed by atoms with Crippen LogP contribution in [0.1, 0.15) is 11.7 Å². The Balaban J connectivity index is 2.28. The highest BCUT2D eigenvalue weighted by atomic mass is 79.9. The van der Waals surface area contributed by atoms with Crippen molar-refractivity contribution in [3.05, 3.63) is 33.8 Å². The van der Waals surface area contributed by atoms with Crippen LogP contribution in [-0.2, 0) is 4.74 Å². The normalized spacial score (nSPS) is 23.1. The molecule has 1 aliphatic rings. The molecular weight excluding hydrogens is 308 g/mol. The Hall–Kier alpha value is -0.560. The van der Waals surface area contributed by atoms with Gasteiger partial charge >= 0.3 is 0 Å². The van der Waals surface area contributed by atoms with Crippen molar-refractivity contribution in [3.63, 3.8) is 0 Å². The average Bonchev–Trinajstić information content (AvgIpc) is 2.34. The molecule has 1 aromatic rings. The molecule has 0 amide bonds. The van der Waals surface area contributed by atoms with Gasteiger partial charge in [-0.2, -0.15) is 0 Å². The van der Waals surface area contributed by atoms with Crippen LogP contribution in [0.5, 0.6) is 0 Å². The van der Waals surface area contributed by atoms with Crippen LogP contribution < -0.4 is 0 Å².